The molecule has 9 nitrogen and oxygen atoms in total. The number of ether oxygens (including phenoxy) is 2. The number of nitrogens with zero attached hydrogens (tertiary/aromatic N) is 4. The van der Waals surface area contributed by atoms with E-state index in [1.54, 1.807) is 0 Å². The number of hydrogen-bond donors (Lipinski definition) is 3. The second-order valence-corrected chi connectivity index (χ2v) is 4.44. The van der Waals surface area contributed by atoms with E-state index in [4.69, 9.17) is 14.6 Å². The minimum Gasteiger partial charge on any atom is -0.479 e. The van der Waals surface area contributed by atoms with Crippen LogP contribution in [-0.4, -0.2) is 66.9 Å². The molecule has 1 aliphatic heterocycles. The van der Waals surface area contributed by atoms with Crippen molar-refractivity contribution in [3.8, 4) is 5.88 Å². The fourth-order valence-electron chi connectivity index (χ4n) is 2.28. The predicted molar refractivity (Wildman–Crippen MR) is 64.9 cm³/mol. The third-order valence-electron chi connectivity index (χ3n) is 3.31. The Morgan fingerprint density at radius 1 is 1.30 bits per heavy atom. The van der Waals surface area contributed by atoms with Crippen LogP contribution in [0.5, 0.6) is 5.88 Å². The Balaban J connectivity index is 2.03. The lowest BCUT2D eigenvalue weighted by atomic mass is 10.1. The van der Waals surface area contributed by atoms with Crippen LogP contribution in [-0.2, 0) is 4.74 Å². The summed E-state index contributed by atoms with van der Waals surface area (Å²) in [6.07, 6.45) is -1.37. The van der Waals surface area contributed by atoms with E-state index in [-0.39, 0.29) is 6.61 Å². The van der Waals surface area contributed by atoms with Crippen LogP contribution < -0.4 is 4.74 Å². The van der Waals surface area contributed by atoms with Crippen LogP contribution in [0.25, 0.3) is 11.2 Å². The molecule has 3 heterocycles. The third-order valence-corrected chi connectivity index (χ3v) is 3.31. The SMILES string of the molecule is COc1ncnc2c1ncn2C1O[C@H](CO)[C@@H](O)[C@H]1O. The molecule has 1 unspecified atom stereocenters. The highest BCUT2D eigenvalue weighted by molar-refractivity contribution is 5.76. The number of imidazole rings is 1. The summed E-state index contributed by atoms with van der Waals surface area (Å²) in [4.78, 5) is 12.1. The molecule has 0 aliphatic carbocycles. The van der Waals surface area contributed by atoms with Crippen molar-refractivity contribution in [3.63, 3.8) is 0 Å². The zero-order chi connectivity index (χ0) is 14.3. The molecule has 9 heteroatoms. The van der Waals surface area contributed by atoms with E-state index >= 15 is 0 Å². The van der Waals surface area contributed by atoms with E-state index in [2.05, 4.69) is 15.0 Å². The Bertz CT molecular complexity index is 618. The Kier molecular flexibility index (Phi) is 3.26. The van der Waals surface area contributed by atoms with Crippen molar-refractivity contribution in [1.29, 1.82) is 0 Å². The summed E-state index contributed by atoms with van der Waals surface area (Å²) in [5.74, 6) is 0.306. The van der Waals surface area contributed by atoms with Gasteiger partial charge in [0, 0.05) is 0 Å². The van der Waals surface area contributed by atoms with Crippen molar-refractivity contribution >= 4 is 11.2 Å². The molecule has 0 radical (unpaired) electrons. The second-order valence-electron chi connectivity index (χ2n) is 4.44. The van der Waals surface area contributed by atoms with Gasteiger partial charge in [0.2, 0.25) is 5.88 Å². The van der Waals surface area contributed by atoms with Crippen molar-refractivity contribution in [2.45, 2.75) is 24.5 Å². The second kappa shape index (κ2) is 4.94. The van der Waals surface area contributed by atoms with E-state index in [1.165, 1.54) is 24.3 Å². The number of methoxy groups -OCH3 is 1. The predicted octanol–water partition coefficient (Wildman–Crippen LogP) is -1.55. The Morgan fingerprint density at radius 2 is 2.10 bits per heavy atom. The fraction of sp³-hybridized carbons (Fsp3) is 0.545. The quantitative estimate of drug-likeness (QED) is 0.618. The molecule has 1 aliphatic rings. The highest BCUT2D eigenvalue weighted by Gasteiger charge is 2.44. The van der Waals surface area contributed by atoms with E-state index in [1.807, 2.05) is 0 Å². The zero-order valence-corrected chi connectivity index (χ0v) is 10.6. The molecule has 0 saturated carbocycles. The molecule has 20 heavy (non-hydrogen) atoms. The molecule has 0 bridgehead atoms. The number of aliphatic hydroxyl groups excluding tert-OH is 3. The topological polar surface area (TPSA) is 123 Å². The lowest BCUT2D eigenvalue weighted by Crippen LogP contribution is -2.33. The fourth-order valence-corrected chi connectivity index (χ4v) is 2.28. The summed E-state index contributed by atoms with van der Waals surface area (Å²) >= 11 is 0. The molecule has 1 fully saturated rings. The van der Waals surface area contributed by atoms with Gasteiger partial charge in [-0.15, -0.1) is 0 Å². The van der Waals surface area contributed by atoms with Crippen LogP contribution in [0.3, 0.4) is 0 Å². The first kappa shape index (κ1) is 13.2. The van der Waals surface area contributed by atoms with Crippen LogP contribution in [0.4, 0.5) is 0 Å². The normalized spacial score (nSPS) is 30.0. The standard InChI is InChI=1S/C11H14N4O5/c1-19-10-6-9(12-3-13-10)15(4-14-6)11-8(18)7(17)5(2-16)20-11/h3-5,7-8,11,16-18H,2H2,1H3/t5-,7-,8-,11?/m1/s1. The molecule has 3 rings (SSSR count). The molecule has 3 N–H and O–H groups in total. The van der Waals surface area contributed by atoms with Gasteiger partial charge in [-0.05, 0) is 0 Å². The van der Waals surface area contributed by atoms with Crippen molar-refractivity contribution in [2.75, 3.05) is 13.7 Å². The maximum Gasteiger partial charge on any atom is 0.245 e. The summed E-state index contributed by atoms with van der Waals surface area (Å²) in [6.45, 7) is -0.389. The summed E-state index contributed by atoms with van der Waals surface area (Å²) in [5.41, 5.74) is 0.833. The monoisotopic (exact) mass is 282 g/mol. The van der Waals surface area contributed by atoms with Crippen LogP contribution in [0.15, 0.2) is 12.7 Å². The van der Waals surface area contributed by atoms with Gasteiger partial charge in [-0.3, -0.25) is 4.57 Å². The molecule has 0 spiro atoms. The van der Waals surface area contributed by atoms with Gasteiger partial charge in [-0.2, -0.15) is 4.98 Å². The molecule has 0 amide bonds. The Hall–Kier alpha value is -1.81. The summed E-state index contributed by atoms with van der Waals surface area (Å²) < 4.78 is 12.0. The van der Waals surface area contributed by atoms with Crippen molar-refractivity contribution in [2.24, 2.45) is 0 Å². The summed E-state index contributed by atoms with van der Waals surface area (Å²) in [6, 6.07) is 0. The summed E-state index contributed by atoms with van der Waals surface area (Å²) in [7, 11) is 1.47. The van der Waals surface area contributed by atoms with Crippen LogP contribution in [0.1, 0.15) is 6.23 Å². The van der Waals surface area contributed by atoms with Gasteiger partial charge in [0.05, 0.1) is 20.0 Å². The van der Waals surface area contributed by atoms with E-state index in [9.17, 15) is 10.2 Å². The number of rotatable bonds is 3. The molecule has 4 atom stereocenters. The summed E-state index contributed by atoms with van der Waals surface area (Å²) in [5, 5.41) is 28.9. The maximum atomic E-state index is 10.0. The minimum atomic E-state index is -1.19. The number of aliphatic hydroxyl groups is 3. The first-order chi connectivity index (χ1) is 9.67. The molecule has 2 aromatic rings. The first-order valence-electron chi connectivity index (χ1n) is 6.01. The van der Waals surface area contributed by atoms with E-state index in [0.717, 1.165) is 0 Å². The van der Waals surface area contributed by atoms with Gasteiger partial charge in [0.25, 0.3) is 0 Å². The van der Waals surface area contributed by atoms with Crippen molar-refractivity contribution in [1.82, 2.24) is 19.5 Å². The van der Waals surface area contributed by atoms with Crippen LogP contribution in [0.2, 0.25) is 0 Å². The van der Waals surface area contributed by atoms with Gasteiger partial charge in [-0.1, -0.05) is 0 Å². The number of fused-ring (bicyclic) bond motifs is 1. The van der Waals surface area contributed by atoms with Gasteiger partial charge in [0.1, 0.15) is 24.6 Å². The first-order valence-corrected chi connectivity index (χ1v) is 6.01. The minimum absolute atomic E-state index is 0.306. The van der Waals surface area contributed by atoms with Gasteiger partial charge >= 0.3 is 0 Å². The lowest BCUT2D eigenvalue weighted by molar-refractivity contribution is -0.0511. The van der Waals surface area contributed by atoms with Crippen molar-refractivity contribution in [3.05, 3.63) is 12.7 Å². The van der Waals surface area contributed by atoms with Gasteiger partial charge in [0.15, 0.2) is 17.4 Å². The molecular formula is C11H14N4O5. The van der Waals surface area contributed by atoms with Crippen LogP contribution in [0, 0.1) is 0 Å². The lowest BCUT2D eigenvalue weighted by Gasteiger charge is -2.16. The van der Waals surface area contributed by atoms with Crippen LogP contribution >= 0.6 is 0 Å². The zero-order valence-electron chi connectivity index (χ0n) is 10.6. The Morgan fingerprint density at radius 3 is 2.75 bits per heavy atom. The molecule has 0 aromatic carbocycles. The van der Waals surface area contributed by atoms with Crippen molar-refractivity contribution < 1.29 is 24.8 Å². The highest BCUT2D eigenvalue weighted by Crippen LogP contribution is 2.32. The number of aromatic nitrogens is 4. The largest absolute Gasteiger partial charge is 0.479 e. The average molecular weight is 282 g/mol. The smallest absolute Gasteiger partial charge is 0.245 e. The van der Waals surface area contributed by atoms with E-state index < -0.39 is 24.5 Å². The highest BCUT2D eigenvalue weighted by atomic mass is 16.6. The van der Waals surface area contributed by atoms with Gasteiger partial charge < -0.3 is 24.8 Å². The molecule has 108 valence electrons. The maximum absolute atomic E-state index is 10.0. The molecule has 1 saturated heterocycles. The average Bonchev–Trinajstić information content (AvgIpc) is 3.01. The third kappa shape index (κ3) is 1.83. The van der Waals surface area contributed by atoms with E-state index in [0.29, 0.717) is 17.0 Å². The van der Waals surface area contributed by atoms with Gasteiger partial charge in [-0.25, -0.2) is 9.97 Å². The molecule has 2 aromatic heterocycles. The Labute approximate surface area is 113 Å². The molecular weight excluding hydrogens is 268 g/mol. The number of hydrogen-bond acceptors (Lipinski definition) is 8.